The average molecular weight is 435 g/mol. The van der Waals surface area contributed by atoms with E-state index in [-0.39, 0.29) is 0 Å². The zero-order valence-electron chi connectivity index (χ0n) is 14.9. The Hall–Kier alpha value is -1.23. The standard InChI is InChI=1S/C21H23BrClN2O/c1-26-21-19(22)3-2-4-20(21)25-12-11-24-13-16(7-10-18(24)14-25)15-5-8-17(23)9-6-15/h2,4-6,8-9,16,18H,7,10-14H2,1H3/t16-,18+/m1/s1. The van der Waals surface area contributed by atoms with Gasteiger partial charge >= 0.3 is 0 Å². The van der Waals surface area contributed by atoms with Gasteiger partial charge in [0.05, 0.1) is 17.3 Å². The highest BCUT2D eigenvalue weighted by atomic mass is 79.9. The van der Waals surface area contributed by atoms with Crippen LogP contribution in [-0.4, -0.2) is 44.2 Å². The van der Waals surface area contributed by atoms with Crippen LogP contribution < -0.4 is 9.64 Å². The lowest BCUT2D eigenvalue weighted by Crippen LogP contribution is -2.56. The van der Waals surface area contributed by atoms with Gasteiger partial charge in [0.2, 0.25) is 0 Å². The normalized spacial score (nSPS) is 23.6. The van der Waals surface area contributed by atoms with Crippen molar-refractivity contribution in [3.63, 3.8) is 0 Å². The van der Waals surface area contributed by atoms with E-state index < -0.39 is 0 Å². The molecule has 0 aliphatic carbocycles. The van der Waals surface area contributed by atoms with Crippen molar-refractivity contribution in [3.8, 4) is 5.75 Å². The number of nitrogens with zero attached hydrogens (tertiary/aromatic N) is 2. The van der Waals surface area contributed by atoms with Crippen LogP contribution in [0.5, 0.6) is 5.75 Å². The van der Waals surface area contributed by atoms with Gasteiger partial charge in [0.15, 0.2) is 5.75 Å². The van der Waals surface area contributed by atoms with E-state index in [1.807, 2.05) is 18.2 Å². The van der Waals surface area contributed by atoms with E-state index in [1.54, 1.807) is 7.11 Å². The summed E-state index contributed by atoms with van der Waals surface area (Å²) in [5, 5.41) is 0.816. The van der Waals surface area contributed by atoms with E-state index in [1.165, 1.54) is 18.4 Å². The quantitative estimate of drug-likeness (QED) is 0.677. The molecule has 137 valence electrons. The maximum absolute atomic E-state index is 6.04. The number of anilines is 1. The molecule has 2 aromatic rings. The third-order valence-corrected chi connectivity index (χ3v) is 6.52. The molecule has 3 nitrogen and oxygen atoms in total. The predicted octanol–water partition coefficient (Wildman–Crippen LogP) is 4.98. The molecule has 0 aromatic heterocycles. The average Bonchev–Trinajstić information content (AvgIpc) is 2.67. The Morgan fingerprint density at radius 3 is 2.69 bits per heavy atom. The van der Waals surface area contributed by atoms with Crippen LogP contribution in [0.3, 0.4) is 0 Å². The Morgan fingerprint density at radius 1 is 1.12 bits per heavy atom. The molecule has 2 aliphatic heterocycles. The summed E-state index contributed by atoms with van der Waals surface area (Å²) >= 11 is 9.59. The molecule has 2 aromatic carbocycles. The fraction of sp³-hybridized carbons (Fsp3) is 0.429. The Balaban J connectivity index is 1.45. The number of hydrogen-bond donors (Lipinski definition) is 0. The fourth-order valence-corrected chi connectivity index (χ4v) is 4.91. The van der Waals surface area contributed by atoms with Crippen LogP contribution in [0.4, 0.5) is 5.69 Å². The third-order valence-electron chi connectivity index (χ3n) is 5.68. The molecular formula is C21H23BrClN2O. The van der Waals surface area contributed by atoms with Gasteiger partial charge in [0.25, 0.3) is 0 Å². The van der Waals surface area contributed by atoms with Gasteiger partial charge in [0.1, 0.15) is 0 Å². The van der Waals surface area contributed by atoms with E-state index in [0.717, 1.165) is 47.1 Å². The lowest BCUT2D eigenvalue weighted by Gasteiger charge is -2.47. The molecule has 2 heterocycles. The maximum atomic E-state index is 6.04. The molecule has 0 bridgehead atoms. The first kappa shape index (κ1) is 18.1. The number of halogens is 2. The van der Waals surface area contributed by atoms with Gasteiger partial charge < -0.3 is 9.64 Å². The number of benzene rings is 2. The van der Waals surface area contributed by atoms with E-state index in [9.17, 15) is 0 Å². The second kappa shape index (κ2) is 7.79. The van der Waals surface area contributed by atoms with Gasteiger partial charge in [-0.1, -0.05) is 29.8 Å². The molecule has 5 heteroatoms. The Bertz CT molecular complexity index is 767. The van der Waals surface area contributed by atoms with Crippen LogP contribution in [0.15, 0.2) is 40.9 Å². The molecular weight excluding hydrogens is 412 g/mol. The maximum Gasteiger partial charge on any atom is 0.156 e. The van der Waals surface area contributed by atoms with Gasteiger partial charge in [-0.3, -0.25) is 4.90 Å². The molecule has 2 atom stereocenters. The lowest BCUT2D eigenvalue weighted by atomic mass is 9.86. The van der Waals surface area contributed by atoms with E-state index in [2.05, 4.69) is 50.0 Å². The number of hydrogen-bond acceptors (Lipinski definition) is 3. The van der Waals surface area contributed by atoms with Crippen LogP contribution in [0.1, 0.15) is 24.3 Å². The minimum Gasteiger partial charge on any atom is -0.493 e. The van der Waals surface area contributed by atoms with Crippen molar-refractivity contribution in [1.29, 1.82) is 0 Å². The van der Waals surface area contributed by atoms with E-state index in [4.69, 9.17) is 16.3 Å². The monoisotopic (exact) mass is 433 g/mol. The zero-order valence-corrected chi connectivity index (χ0v) is 17.3. The summed E-state index contributed by atoms with van der Waals surface area (Å²) in [5.74, 6) is 1.50. The van der Waals surface area contributed by atoms with Crippen molar-refractivity contribution >= 4 is 33.2 Å². The Kier molecular flexibility index (Phi) is 5.44. The molecule has 0 spiro atoms. The highest BCUT2D eigenvalue weighted by molar-refractivity contribution is 9.10. The Morgan fingerprint density at radius 2 is 1.92 bits per heavy atom. The Labute approximate surface area is 169 Å². The molecule has 0 saturated carbocycles. The van der Waals surface area contributed by atoms with Crippen LogP contribution in [0, 0.1) is 6.07 Å². The van der Waals surface area contributed by atoms with Crippen LogP contribution in [0.2, 0.25) is 5.02 Å². The topological polar surface area (TPSA) is 15.7 Å². The van der Waals surface area contributed by atoms with Gasteiger partial charge in [-0.25, -0.2) is 0 Å². The summed E-state index contributed by atoms with van der Waals surface area (Å²) in [6.07, 6.45) is 2.46. The number of piperidine rings is 1. The first-order chi connectivity index (χ1) is 12.7. The van der Waals surface area contributed by atoms with Crippen molar-refractivity contribution in [2.24, 2.45) is 0 Å². The molecule has 1 radical (unpaired) electrons. The number of piperazine rings is 1. The highest BCUT2D eigenvalue weighted by Crippen LogP contribution is 2.38. The molecule has 4 rings (SSSR count). The third kappa shape index (κ3) is 3.60. The summed E-state index contributed by atoms with van der Waals surface area (Å²) in [7, 11) is 1.73. The number of fused-ring (bicyclic) bond motifs is 1. The van der Waals surface area contributed by atoms with Crippen LogP contribution in [0.25, 0.3) is 0 Å². The summed E-state index contributed by atoms with van der Waals surface area (Å²) in [5.41, 5.74) is 2.58. The molecule has 0 unspecified atom stereocenters. The van der Waals surface area contributed by atoms with Gasteiger partial charge in [-0.05, 0) is 58.5 Å². The lowest BCUT2D eigenvalue weighted by molar-refractivity contribution is 0.119. The molecule has 0 N–H and O–H groups in total. The van der Waals surface area contributed by atoms with E-state index in [0.29, 0.717) is 12.0 Å². The zero-order chi connectivity index (χ0) is 18.1. The summed E-state index contributed by atoms with van der Waals surface area (Å²) in [6, 6.07) is 16.2. The van der Waals surface area contributed by atoms with Gasteiger partial charge in [-0.2, -0.15) is 0 Å². The van der Waals surface area contributed by atoms with Crippen molar-refractivity contribution in [2.75, 3.05) is 38.2 Å². The van der Waals surface area contributed by atoms with Crippen LogP contribution in [-0.2, 0) is 0 Å². The first-order valence-electron chi connectivity index (χ1n) is 9.14. The minimum absolute atomic E-state index is 0.611. The van der Waals surface area contributed by atoms with Crippen molar-refractivity contribution in [1.82, 2.24) is 4.90 Å². The van der Waals surface area contributed by atoms with Gasteiger partial charge in [0, 0.05) is 43.3 Å². The summed E-state index contributed by atoms with van der Waals surface area (Å²) < 4.78 is 6.50. The molecule has 2 fully saturated rings. The molecule has 26 heavy (non-hydrogen) atoms. The predicted molar refractivity (Wildman–Crippen MR) is 111 cm³/mol. The molecule has 2 aliphatic rings. The SMILES string of the molecule is COc1c(Br)[c]ccc1N1CCN2C[C@H](c3ccc(Cl)cc3)CC[C@H]2C1. The van der Waals surface area contributed by atoms with Crippen molar-refractivity contribution < 1.29 is 4.74 Å². The smallest absolute Gasteiger partial charge is 0.156 e. The molecule has 0 amide bonds. The van der Waals surface area contributed by atoms with Crippen molar-refractivity contribution in [2.45, 2.75) is 24.8 Å². The number of methoxy groups -OCH3 is 1. The van der Waals surface area contributed by atoms with Crippen LogP contribution >= 0.6 is 27.5 Å². The largest absolute Gasteiger partial charge is 0.493 e. The summed E-state index contributed by atoms with van der Waals surface area (Å²) in [4.78, 5) is 5.12. The highest BCUT2D eigenvalue weighted by Gasteiger charge is 2.34. The molecule has 2 saturated heterocycles. The number of rotatable bonds is 3. The number of ether oxygens (including phenoxy) is 1. The van der Waals surface area contributed by atoms with Crippen molar-refractivity contribution in [3.05, 3.63) is 57.5 Å². The fourth-order valence-electron chi connectivity index (χ4n) is 4.29. The summed E-state index contributed by atoms with van der Waals surface area (Å²) in [6.45, 7) is 4.31. The second-order valence-electron chi connectivity index (χ2n) is 7.13. The first-order valence-corrected chi connectivity index (χ1v) is 10.3. The van der Waals surface area contributed by atoms with Gasteiger partial charge in [-0.15, -0.1) is 0 Å². The second-order valence-corrected chi connectivity index (χ2v) is 8.36. The minimum atomic E-state index is 0.611. The van der Waals surface area contributed by atoms with E-state index >= 15 is 0 Å².